The van der Waals surface area contributed by atoms with Crippen molar-refractivity contribution in [2.75, 3.05) is 46.1 Å². The lowest BCUT2D eigenvalue weighted by molar-refractivity contribution is 0.0773. The summed E-state index contributed by atoms with van der Waals surface area (Å²) in [6.45, 7) is 6.06. The summed E-state index contributed by atoms with van der Waals surface area (Å²) in [6.07, 6.45) is 1.05. The highest BCUT2D eigenvalue weighted by Gasteiger charge is 2.32. The molecule has 0 radical (unpaired) electrons. The van der Waals surface area contributed by atoms with Crippen LogP contribution in [0.4, 0.5) is 0 Å². The number of hydrogen-bond donors (Lipinski definition) is 1. The second kappa shape index (κ2) is 6.30. The zero-order chi connectivity index (χ0) is 15.8. The van der Waals surface area contributed by atoms with Crippen LogP contribution in [-0.4, -0.2) is 67.8 Å². The third kappa shape index (κ3) is 2.93. The Hall–Kier alpha value is -1.31. The zero-order valence-electron chi connectivity index (χ0n) is 12.9. The quantitative estimate of drug-likeness (QED) is 0.836. The van der Waals surface area contributed by atoms with Gasteiger partial charge in [-0.05, 0) is 34.5 Å². The van der Waals surface area contributed by atoms with Crippen molar-refractivity contribution in [1.29, 1.82) is 0 Å². The monoisotopic (exact) mass is 381 g/mol. The Morgan fingerprint density at radius 2 is 2.04 bits per heavy atom. The van der Waals surface area contributed by atoms with Crippen LogP contribution in [0, 0.1) is 0 Å². The van der Waals surface area contributed by atoms with E-state index in [1.807, 2.05) is 11.0 Å². The fraction of sp³-hybridized carbons (Fsp3) is 0.562. The van der Waals surface area contributed by atoms with Gasteiger partial charge in [0.05, 0.1) is 4.47 Å². The number of benzene rings is 1. The van der Waals surface area contributed by atoms with Gasteiger partial charge in [0, 0.05) is 50.9 Å². The highest BCUT2D eigenvalue weighted by Crippen LogP contribution is 2.40. The molecule has 7 heteroatoms. The molecular weight excluding hydrogens is 362 g/mol. The summed E-state index contributed by atoms with van der Waals surface area (Å²) in [6, 6.07) is 4.10. The number of nitrogens with zero attached hydrogens (tertiary/aromatic N) is 2. The SMILES string of the molecule is O=C(c1cc(Br)c2c(c1)OCO2)N1CCC(N2CCNCC2)C1. The molecule has 0 bridgehead atoms. The molecule has 3 aliphatic heterocycles. The summed E-state index contributed by atoms with van der Waals surface area (Å²) < 4.78 is 11.6. The first kappa shape index (κ1) is 15.2. The van der Waals surface area contributed by atoms with E-state index in [9.17, 15) is 4.79 Å². The van der Waals surface area contributed by atoms with Crippen molar-refractivity contribution in [3.63, 3.8) is 0 Å². The Morgan fingerprint density at radius 3 is 2.87 bits per heavy atom. The normalized spacial score (nSPS) is 24.2. The van der Waals surface area contributed by atoms with Gasteiger partial charge in [-0.25, -0.2) is 0 Å². The van der Waals surface area contributed by atoms with Crippen molar-refractivity contribution in [3.05, 3.63) is 22.2 Å². The molecule has 1 N–H and O–H groups in total. The molecule has 0 spiro atoms. The maximum absolute atomic E-state index is 12.8. The Bertz CT molecular complexity index is 619. The predicted octanol–water partition coefficient (Wildman–Crippen LogP) is 1.30. The lowest BCUT2D eigenvalue weighted by Gasteiger charge is -2.32. The van der Waals surface area contributed by atoms with Crippen LogP contribution in [0.2, 0.25) is 0 Å². The summed E-state index contributed by atoms with van der Waals surface area (Å²) in [7, 11) is 0. The van der Waals surface area contributed by atoms with Gasteiger partial charge in [0.1, 0.15) is 0 Å². The van der Waals surface area contributed by atoms with E-state index < -0.39 is 0 Å². The number of piperazine rings is 1. The number of ether oxygens (including phenoxy) is 2. The molecule has 1 amide bonds. The first-order chi connectivity index (χ1) is 11.2. The van der Waals surface area contributed by atoms with Gasteiger partial charge in [-0.3, -0.25) is 9.69 Å². The summed E-state index contributed by atoms with van der Waals surface area (Å²) in [5.41, 5.74) is 0.655. The Kier molecular flexibility index (Phi) is 4.17. The van der Waals surface area contributed by atoms with Crippen molar-refractivity contribution in [1.82, 2.24) is 15.1 Å². The molecule has 124 valence electrons. The number of amides is 1. The number of rotatable bonds is 2. The molecule has 0 saturated carbocycles. The summed E-state index contributed by atoms with van der Waals surface area (Å²) in [5.74, 6) is 1.39. The van der Waals surface area contributed by atoms with E-state index in [0.29, 0.717) is 23.1 Å². The molecule has 4 rings (SSSR count). The van der Waals surface area contributed by atoms with Crippen LogP contribution >= 0.6 is 15.9 Å². The summed E-state index contributed by atoms with van der Waals surface area (Å²) in [4.78, 5) is 17.3. The van der Waals surface area contributed by atoms with Crippen LogP contribution in [0.25, 0.3) is 0 Å². The molecule has 0 aromatic heterocycles. The van der Waals surface area contributed by atoms with Gasteiger partial charge in [-0.1, -0.05) is 0 Å². The first-order valence-electron chi connectivity index (χ1n) is 8.05. The third-order valence-electron chi connectivity index (χ3n) is 4.79. The van der Waals surface area contributed by atoms with Crippen LogP contribution in [-0.2, 0) is 0 Å². The second-order valence-electron chi connectivity index (χ2n) is 6.17. The van der Waals surface area contributed by atoms with Crippen LogP contribution < -0.4 is 14.8 Å². The number of nitrogens with one attached hydrogen (secondary N) is 1. The van der Waals surface area contributed by atoms with Gasteiger partial charge >= 0.3 is 0 Å². The van der Waals surface area contributed by atoms with Crippen LogP contribution in [0.5, 0.6) is 11.5 Å². The highest BCUT2D eigenvalue weighted by atomic mass is 79.9. The molecule has 1 atom stereocenters. The average Bonchev–Trinajstić information content (AvgIpc) is 3.24. The van der Waals surface area contributed by atoms with Crippen LogP contribution in [0.3, 0.4) is 0 Å². The summed E-state index contributed by atoms with van der Waals surface area (Å²) in [5, 5.41) is 3.37. The number of carbonyl (C=O) groups is 1. The van der Waals surface area contributed by atoms with Gasteiger partial charge in [0.15, 0.2) is 11.5 Å². The number of likely N-dealkylation sites (tertiary alicyclic amines) is 1. The smallest absolute Gasteiger partial charge is 0.254 e. The molecule has 1 aromatic rings. The van der Waals surface area contributed by atoms with E-state index in [2.05, 4.69) is 26.1 Å². The minimum Gasteiger partial charge on any atom is -0.454 e. The predicted molar refractivity (Wildman–Crippen MR) is 89.0 cm³/mol. The van der Waals surface area contributed by atoms with E-state index in [-0.39, 0.29) is 12.7 Å². The van der Waals surface area contributed by atoms with Gasteiger partial charge in [-0.15, -0.1) is 0 Å². The van der Waals surface area contributed by atoms with Gasteiger partial charge in [0.25, 0.3) is 5.91 Å². The van der Waals surface area contributed by atoms with E-state index >= 15 is 0 Å². The minimum atomic E-state index is 0.0710. The van der Waals surface area contributed by atoms with Crippen molar-refractivity contribution in [2.24, 2.45) is 0 Å². The number of hydrogen-bond acceptors (Lipinski definition) is 5. The molecule has 2 fully saturated rings. The first-order valence-corrected chi connectivity index (χ1v) is 8.85. The Morgan fingerprint density at radius 1 is 1.22 bits per heavy atom. The highest BCUT2D eigenvalue weighted by molar-refractivity contribution is 9.10. The average molecular weight is 382 g/mol. The molecule has 0 aliphatic carbocycles. The van der Waals surface area contributed by atoms with E-state index in [4.69, 9.17) is 9.47 Å². The molecule has 3 heterocycles. The van der Waals surface area contributed by atoms with Gasteiger partial charge < -0.3 is 19.7 Å². The lowest BCUT2D eigenvalue weighted by atomic mass is 10.1. The molecule has 3 aliphatic rings. The standard InChI is InChI=1S/C16H20BrN3O3/c17-13-7-11(8-14-15(13)23-10-22-14)16(21)20-4-1-12(9-20)19-5-2-18-3-6-19/h7-8,12,18H,1-6,9-10H2. The van der Waals surface area contributed by atoms with E-state index in [1.165, 1.54) is 0 Å². The number of halogens is 1. The summed E-state index contributed by atoms with van der Waals surface area (Å²) >= 11 is 3.46. The molecule has 1 unspecified atom stereocenters. The molecule has 2 saturated heterocycles. The largest absolute Gasteiger partial charge is 0.454 e. The zero-order valence-corrected chi connectivity index (χ0v) is 14.5. The number of carbonyl (C=O) groups excluding carboxylic acids is 1. The molecule has 23 heavy (non-hydrogen) atoms. The second-order valence-corrected chi connectivity index (χ2v) is 7.03. The van der Waals surface area contributed by atoms with Crippen molar-refractivity contribution < 1.29 is 14.3 Å². The molecular formula is C16H20BrN3O3. The topological polar surface area (TPSA) is 54.0 Å². The van der Waals surface area contributed by atoms with E-state index in [1.54, 1.807) is 6.07 Å². The Balaban J connectivity index is 1.46. The van der Waals surface area contributed by atoms with Crippen LogP contribution in [0.15, 0.2) is 16.6 Å². The fourth-order valence-corrected chi connectivity index (χ4v) is 4.10. The third-order valence-corrected chi connectivity index (χ3v) is 5.38. The minimum absolute atomic E-state index is 0.0710. The van der Waals surface area contributed by atoms with Gasteiger partial charge in [-0.2, -0.15) is 0 Å². The fourth-order valence-electron chi connectivity index (χ4n) is 3.55. The lowest BCUT2D eigenvalue weighted by Crippen LogP contribution is -2.49. The van der Waals surface area contributed by atoms with Crippen LogP contribution in [0.1, 0.15) is 16.8 Å². The van der Waals surface area contributed by atoms with Crippen molar-refractivity contribution >= 4 is 21.8 Å². The van der Waals surface area contributed by atoms with Gasteiger partial charge in [0.2, 0.25) is 6.79 Å². The van der Waals surface area contributed by atoms with E-state index in [0.717, 1.165) is 50.2 Å². The van der Waals surface area contributed by atoms with Crippen molar-refractivity contribution in [2.45, 2.75) is 12.5 Å². The maximum atomic E-state index is 12.8. The Labute approximate surface area is 143 Å². The van der Waals surface area contributed by atoms with Crippen molar-refractivity contribution in [3.8, 4) is 11.5 Å². The number of fused-ring (bicyclic) bond motifs is 1. The maximum Gasteiger partial charge on any atom is 0.254 e. The molecule has 6 nitrogen and oxygen atoms in total. The molecule has 1 aromatic carbocycles.